The first-order valence-electron chi connectivity index (χ1n) is 4.95. The first-order chi connectivity index (χ1) is 7.34. The highest BCUT2D eigenvalue weighted by molar-refractivity contribution is 5.08. The molecule has 15 heavy (non-hydrogen) atoms. The van der Waals surface area contributed by atoms with Crippen LogP contribution < -0.4 is 5.32 Å². The Bertz CT molecular complexity index is 408. The van der Waals surface area contributed by atoms with Gasteiger partial charge in [0.25, 0.3) is 0 Å². The van der Waals surface area contributed by atoms with Crippen LogP contribution in [0.2, 0.25) is 0 Å². The Morgan fingerprint density at radius 1 is 1.33 bits per heavy atom. The Hall–Kier alpha value is -1.68. The molecule has 2 aromatic heterocycles. The number of aromatic amines is 1. The minimum Gasteiger partial charge on any atom is -0.345 e. The molecule has 0 saturated carbocycles. The van der Waals surface area contributed by atoms with Crippen molar-refractivity contribution in [2.75, 3.05) is 0 Å². The van der Waals surface area contributed by atoms with E-state index in [1.807, 2.05) is 25.4 Å². The Morgan fingerprint density at radius 2 is 2.27 bits per heavy atom. The van der Waals surface area contributed by atoms with E-state index in [4.69, 9.17) is 0 Å². The van der Waals surface area contributed by atoms with Crippen LogP contribution in [0.5, 0.6) is 0 Å². The molecule has 2 aromatic rings. The lowest BCUT2D eigenvalue weighted by Crippen LogP contribution is -2.12. The fraction of sp³-hybridized carbons (Fsp3) is 0.273. The number of H-pyrrole nitrogens is 1. The third kappa shape index (κ3) is 2.89. The smallest absolute Gasteiger partial charge is 0.103 e. The van der Waals surface area contributed by atoms with E-state index in [0.29, 0.717) is 0 Å². The SMILES string of the molecule is Cc1ncc(CNCc2cccnc2)[nH]1. The molecule has 0 fully saturated rings. The van der Waals surface area contributed by atoms with Crippen molar-refractivity contribution in [2.24, 2.45) is 0 Å². The van der Waals surface area contributed by atoms with Gasteiger partial charge < -0.3 is 10.3 Å². The van der Waals surface area contributed by atoms with Crippen LogP contribution in [-0.4, -0.2) is 15.0 Å². The number of aromatic nitrogens is 3. The second-order valence-electron chi connectivity index (χ2n) is 3.46. The van der Waals surface area contributed by atoms with E-state index >= 15 is 0 Å². The third-order valence-electron chi connectivity index (χ3n) is 2.12. The lowest BCUT2D eigenvalue weighted by molar-refractivity contribution is 0.680. The monoisotopic (exact) mass is 202 g/mol. The largest absolute Gasteiger partial charge is 0.345 e. The first-order valence-corrected chi connectivity index (χ1v) is 4.95. The molecule has 0 spiro atoms. The van der Waals surface area contributed by atoms with Crippen LogP contribution in [-0.2, 0) is 13.1 Å². The molecule has 2 heterocycles. The third-order valence-corrected chi connectivity index (χ3v) is 2.12. The van der Waals surface area contributed by atoms with Crippen LogP contribution in [0, 0.1) is 6.92 Å². The highest BCUT2D eigenvalue weighted by Crippen LogP contribution is 1.97. The van der Waals surface area contributed by atoms with Crippen molar-refractivity contribution in [3.63, 3.8) is 0 Å². The minimum absolute atomic E-state index is 0.801. The number of aryl methyl sites for hydroxylation is 1. The number of rotatable bonds is 4. The van der Waals surface area contributed by atoms with Gasteiger partial charge in [0.2, 0.25) is 0 Å². The maximum Gasteiger partial charge on any atom is 0.103 e. The second-order valence-corrected chi connectivity index (χ2v) is 3.46. The van der Waals surface area contributed by atoms with Crippen molar-refractivity contribution in [3.8, 4) is 0 Å². The van der Waals surface area contributed by atoms with Crippen LogP contribution in [0.15, 0.2) is 30.7 Å². The number of nitrogens with zero attached hydrogens (tertiary/aromatic N) is 2. The van der Waals surface area contributed by atoms with Gasteiger partial charge >= 0.3 is 0 Å². The molecule has 0 bridgehead atoms. The van der Waals surface area contributed by atoms with Crippen LogP contribution >= 0.6 is 0 Å². The molecule has 78 valence electrons. The lowest BCUT2D eigenvalue weighted by Gasteiger charge is -2.02. The fourth-order valence-electron chi connectivity index (χ4n) is 1.41. The molecule has 0 saturated heterocycles. The van der Waals surface area contributed by atoms with Gasteiger partial charge in [-0.2, -0.15) is 0 Å². The molecule has 0 unspecified atom stereocenters. The van der Waals surface area contributed by atoms with Gasteiger partial charge in [-0.15, -0.1) is 0 Å². The van der Waals surface area contributed by atoms with Gasteiger partial charge in [0.05, 0.1) is 0 Å². The second kappa shape index (κ2) is 4.70. The summed E-state index contributed by atoms with van der Waals surface area (Å²) >= 11 is 0. The molecule has 0 amide bonds. The van der Waals surface area contributed by atoms with Crippen LogP contribution in [0.1, 0.15) is 17.1 Å². The van der Waals surface area contributed by atoms with Crippen molar-refractivity contribution < 1.29 is 0 Å². The standard InChI is InChI=1S/C11H14N4/c1-9-14-8-11(15-9)7-13-6-10-3-2-4-12-5-10/h2-5,8,13H,6-7H2,1H3,(H,14,15). The van der Waals surface area contributed by atoms with Gasteiger partial charge in [-0.25, -0.2) is 4.98 Å². The minimum atomic E-state index is 0.801. The average Bonchev–Trinajstić information content (AvgIpc) is 2.66. The predicted octanol–water partition coefficient (Wildman–Crippen LogP) is 1.40. The van der Waals surface area contributed by atoms with Gasteiger partial charge in [-0.05, 0) is 18.6 Å². The number of nitrogens with one attached hydrogen (secondary N) is 2. The summed E-state index contributed by atoms with van der Waals surface area (Å²) in [6.07, 6.45) is 5.50. The fourth-order valence-corrected chi connectivity index (χ4v) is 1.41. The van der Waals surface area contributed by atoms with Crippen molar-refractivity contribution in [1.82, 2.24) is 20.3 Å². The molecule has 4 nitrogen and oxygen atoms in total. The number of hydrogen-bond donors (Lipinski definition) is 2. The van der Waals surface area contributed by atoms with Crippen molar-refractivity contribution in [2.45, 2.75) is 20.0 Å². The van der Waals surface area contributed by atoms with Gasteiger partial charge in [0, 0.05) is 37.4 Å². The normalized spacial score (nSPS) is 10.5. The molecule has 0 aliphatic rings. The summed E-state index contributed by atoms with van der Waals surface area (Å²) in [7, 11) is 0. The van der Waals surface area contributed by atoms with E-state index in [1.165, 1.54) is 5.56 Å². The summed E-state index contributed by atoms with van der Waals surface area (Å²) in [5.41, 5.74) is 2.30. The summed E-state index contributed by atoms with van der Waals surface area (Å²) in [5, 5.41) is 3.32. The molecule has 0 radical (unpaired) electrons. The summed E-state index contributed by atoms with van der Waals surface area (Å²) in [6, 6.07) is 4.00. The highest BCUT2D eigenvalue weighted by Gasteiger charge is 1.96. The van der Waals surface area contributed by atoms with E-state index in [0.717, 1.165) is 24.6 Å². The van der Waals surface area contributed by atoms with Gasteiger partial charge in [-0.3, -0.25) is 4.98 Å². The van der Waals surface area contributed by atoms with Gasteiger partial charge in [0.1, 0.15) is 5.82 Å². The lowest BCUT2D eigenvalue weighted by atomic mass is 10.3. The van der Waals surface area contributed by atoms with Crippen LogP contribution in [0.4, 0.5) is 0 Å². The van der Waals surface area contributed by atoms with Gasteiger partial charge in [-0.1, -0.05) is 6.07 Å². The molecule has 2 N–H and O–H groups in total. The molecule has 0 aliphatic heterocycles. The predicted molar refractivity (Wildman–Crippen MR) is 58.1 cm³/mol. The van der Waals surface area contributed by atoms with Crippen molar-refractivity contribution in [3.05, 3.63) is 47.8 Å². The highest BCUT2D eigenvalue weighted by atomic mass is 15.0. The van der Waals surface area contributed by atoms with E-state index in [9.17, 15) is 0 Å². The Morgan fingerprint density at radius 3 is 2.93 bits per heavy atom. The molecule has 0 aromatic carbocycles. The number of pyridine rings is 1. The van der Waals surface area contributed by atoms with E-state index in [2.05, 4.69) is 26.3 Å². The molecular formula is C11H14N4. The van der Waals surface area contributed by atoms with Crippen molar-refractivity contribution in [1.29, 1.82) is 0 Å². The molecule has 0 atom stereocenters. The maximum absolute atomic E-state index is 4.13. The number of imidazole rings is 1. The summed E-state index contributed by atoms with van der Waals surface area (Å²) in [5.74, 6) is 0.952. The van der Waals surface area contributed by atoms with Crippen LogP contribution in [0.25, 0.3) is 0 Å². The first kappa shape index (κ1) is 9.86. The topological polar surface area (TPSA) is 53.6 Å². The molecular weight excluding hydrogens is 188 g/mol. The van der Waals surface area contributed by atoms with Crippen LogP contribution in [0.3, 0.4) is 0 Å². The maximum atomic E-state index is 4.13. The summed E-state index contributed by atoms with van der Waals surface area (Å²) in [4.78, 5) is 11.4. The molecule has 0 aliphatic carbocycles. The van der Waals surface area contributed by atoms with E-state index in [-0.39, 0.29) is 0 Å². The van der Waals surface area contributed by atoms with Gasteiger partial charge in [0.15, 0.2) is 0 Å². The summed E-state index contributed by atoms with van der Waals surface area (Å²) in [6.45, 7) is 3.58. The Labute approximate surface area is 88.8 Å². The van der Waals surface area contributed by atoms with E-state index in [1.54, 1.807) is 6.20 Å². The number of hydrogen-bond acceptors (Lipinski definition) is 3. The average molecular weight is 202 g/mol. The zero-order valence-electron chi connectivity index (χ0n) is 8.70. The van der Waals surface area contributed by atoms with E-state index < -0.39 is 0 Å². The molecule has 4 heteroatoms. The Balaban J connectivity index is 1.80. The molecule has 2 rings (SSSR count). The van der Waals surface area contributed by atoms with Crippen molar-refractivity contribution >= 4 is 0 Å². The zero-order valence-corrected chi connectivity index (χ0v) is 8.70. The zero-order chi connectivity index (χ0) is 10.5. The Kier molecular flexibility index (Phi) is 3.09. The quantitative estimate of drug-likeness (QED) is 0.788. The summed E-state index contributed by atoms with van der Waals surface area (Å²) < 4.78 is 0.